The van der Waals surface area contributed by atoms with Gasteiger partial charge in [0.15, 0.2) is 5.82 Å². The fraction of sp³-hybridized carbons (Fsp3) is 0.0690. The van der Waals surface area contributed by atoms with E-state index in [1.807, 2.05) is 30.3 Å². The summed E-state index contributed by atoms with van der Waals surface area (Å²) < 4.78 is 51.0. The lowest BCUT2D eigenvalue weighted by Crippen LogP contribution is -2.20. The lowest BCUT2D eigenvalue weighted by Gasteiger charge is -2.13. The van der Waals surface area contributed by atoms with Gasteiger partial charge in [0.2, 0.25) is 0 Å². The Hall–Kier alpha value is -2.30. The van der Waals surface area contributed by atoms with Gasteiger partial charge in [-0.05, 0) is 99.3 Å². The van der Waals surface area contributed by atoms with E-state index in [9.17, 15) is 18.0 Å². The van der Waals surface area contributed by atoms with Crippen LogP contribution in [0.5, 0.6) is 5.75 Å². The molecule has 0 aliphatic carbocycles. The SMILES string of the molecule is O=c1c2ccccc2nc(-c2cccc(C(F)(F)F)c2)n1N=Cc1cc(I)c(OCc2ccc(Br)cc2Br)c(I)c1. The number of alkyl halides is 3. The first-order chi connectivity index (χ1) is 19.5. The van der Waals surface area contributed by atoms with Gasteiger partial charge in [-0.15, -0.1) is 0 Å². The van der Waals surface area contributed by atoms with Gasteiger partial charge >= 0.3 is 6.18 Å². The van der Waals surface area contributed by atoms with Gasteiger partial charge < -0.3 is 4.74 Å². The van der Waals surface area contributed by atoms with Crippen molar-refractivity contribution in [1.29, 1.82) is 0 Å². The van der Waals surface area contributed by atoms with Crippen molar-refractivity contribution in [2.75, 3.05) is 0 Å². The summed E-state index contributed by atoms with van der Waals surface area (Å²) in [7, 11) is 0. The van der Waals surface area contributed by atoms with Crippen molar-refractivity contribution in [3.05, 3.63) is 122 Å². The number of ether oxygens (including phenoxy) is 1. The second-order valence-electron chi connectivity index (χ2n) is 8.73. The van der Waals surface area contributed by atoms with Crippen LogP contribution in [0.15, 0.2) is 97.7 Å². The second kappa shape index (κ2) is 12.5. The van der Waals surface area contributed by atoms with E-state index in [4.69, 9.17) is 4.74 Å². The van der Waals surface area contributed by atoms with Gasteiger partial charge in [0, 0.05) is 20.1 Å². The number of benzene rings is 4. The predicted molar refractivity (Wildman–Crippen MR) is 177 cm³/mol. The van der Waals surface area contributed by atoms with Gasteiger partial charge in [0.05, 0.1) is 29.8 Å². The van der Waals surface area contributed by atoms with Crippen LogP contribution in [0.2, 0.25) is 0 Å². The first-order valence-corrected chi connectivity index (χ1v) is 15.5. The molecule has 0 saturated heterocycles. The molecule has 5 aromatic rings. The number of aromatic nitrogens is 2. The smallest absolute Gasteiger partial charge is 0.416 e. The maximum absolute atomic E-state index is 13.4. The summed E-state index contributed by atoms with van der Waals surface area (Å²) in [4.78, 5) is 17.9. The molecule has 1 aromatic heterocycles. The average molecular weight is 909 g/mol. The molecular formula is C29H16Br2F3I2N3O2. The standard InChI is InChI=1S/C29H16Br2F3I2N3O2/c30-20-9-8-18(22(31)13-20)15-41-26-23(35)10-16(11-24(26)36)14-37-39-27(17-4-3-5-19(12-17)29(32,33)34)38-25-7-2-1-6-21(25)28(39)40/h1-14H,15H2. The zero-order valence-electron chi connectivity index (χ0n) is 20.6. The molecule has 41 heavy (non-hydrogen) atoms. The van der Waals surface area contributed by atoms with Crippen molar-refractivity contribution in [2.24, 2.45) is 5.10 Å². The highest BCUT2D eigenvalue weighted by molar-refractivity contribution is 14.1. The van der Waals surface area contributed by atoms with E-state index in [2.05, 4.69) is 87.1 Å². The normalized spacial score (nSPS) is 11.9. The molecule has 5 rings (SSSR count). The third kappa shape index (κ3) is 6.86. The molecule has 5 nitrogen and oxygen atoms in total. The van der Waals surface area contributed by atoms with E-state index in [0.717, 1.165) is 38.5 Å². The Bertz CT molecular complexity index is 1850. The molecule has 4 aromatic carbocycles. The largest absolute Gasteiger partial charge is 0.487 e. The molecular weight excluding hydrogens is 893 g/mol. The molecule has 208 valence electrons. The van der Waals surface area contributed by atoms with E-state index in [1.165, 1.54) is 18.3 Å². The highest BCUT2D eigenvalue weighted by atomic mass is 127. The lowest BCUT2D eigenvalue weighted by molar-refractivity contribution is -0.137. The number of nitrogens with zero attached hydrogens (tertiary/aromatic N) is 3. The van der Waals surface area contributed by atoms with Crippen LogP contribution in [-0.2, 0) is 12.8 Å². The van der Waals surface area contributed by atoms with E-state index >= 15 is 0 Å². The van der Waals surface area contributed by atoms with Crippen LogP contribution >= 0.6 is 77.0 Å². The van der Waals surface area contributed by atoms with Gasteiger partial charge in [0.25, 0.3) is 5.56 Å². The summed E-state index contributed by atoms with van der Waals surface area (Å²) in [6.45, 7) is 0.353. The molecule has 0 saturated carbocycles. The van der Waals surface area contributed by atoms with Crippen LogP contribution in [0.4, 0.5) is 13.2 Å². The monoisotopic (exact) mass is 907 g/mol. The minimum Gasteiger partial charge on any atom is -0.487 e. The number of rotatable bonds is 6. The van der Waals surface area contributed by atoms with Crippen LogP contribution < -0.4 is 10.3 Å². The average Bonchev–Trinajstić information content (AvgIpc) is 2.92. The molecule has 0 spiro atoms. The highest BCUT2D eigenvalue weighted by Crippen LogP contribution is 2.33. The van der Waals surface area contributed by atoms with Crippen molar-refractivity contribution < 1.29 is 17.9 Å². The first kappa shape index (κ1) is 30.2. The minimum atomic E-state index is -4.55. The number of hydrogen-bond donors (Lipinski definition) is 0. The molecule has 0 aliphatic rings. The van der Waals surface area contributed by atoms with Crippen LogP contribution in [0, 0.1) is 7.14 Å². The third-order valence-corrected chi connectivity index (χ3v) is 8.77. The Labute approximate surface area is 276 Å². The molecule has 0 radical (unpaired) electrons. The molecule has 0 aliphatic heterocycles. The zero-order valence-corrected chi connectivity index (χ0v) is 28.1. The second-order valence-corrected chi connectivity index (χ2v) is 12.8. The van der Waals surface area contributed by atoms with Crippen LogP contribution in [0.25, 0.3) is 22.3 Å². The third-order valence-electron chi connectivity index (χ3n) is 5.93. The van der Waals surface area contributed by atoms with E-state index in [-0.39, 0.29) is 11.4 Å². The Morgan fingerprint density at radius 2 is 1.68 bits per heavy atom. The topological polar surface area (TPSA) is 56.5 Å². The minimum absolute atomic E-state index is 0.000437. The summed E-state index contributed by atoms with van der Waals surface area (Å²) >= 11 is 11.3. The molecule has 12 heteroatoms. The van der Waals surface area contributed by atoms with Crippen LogP contribution in [0.3, 0.4) is 0 Å². The number of hydrogen-bond acceptors (Lipinski definition) is 4. The number of para-hydroxylation sites is 1. The summed E-state index contributed by atoms with van der Waals surface area (Å²) in [5, 5.41) is 4.70. The zero-order chi connectivity index (χ0) is 29.3. The predicted octanol–water partition coefficient (Wildman–Crippen LogP) is 9.28. The maximum Gasteiger partial charge on any atom is 0.416 e. The van der Waals surface area contributed by atoms with E-state index < -0.39 is 17.3 Å². The van der Waals surface area contributed by atoms with Gasteiger partial charge in [-0.2, -0.15) is 22.9 Å². The molecule has 0 unspecified atom stereocenters. The van der Waals surface area contributed by atoms with Gasteiger partial charge in [-0.3, -0.25) is 4.79 Å². The highest BCUT2D eigenvalue weighted by Gasteiger charge is 2.31. The van der Waals surface area contributed by atoms with Crippen LogP contribution in [0.1, 0.15) is 16.7 Å². The Kier molecular flexibility index (Phi) is 9.21. The lowest BCUT2D eigenvalue weighted by atomic mass is 10.1. The molecule has 0 amide bonds. The van der Waals surface area contributed by atoms with Crippen molar-refractivity contribution in [2.45, 2.75) is 12.8 Å². The molecule has 0 N–H and O–H groups in total. The summed E-state index contributed by atoms with van der Waals surface area (Å²) in [6.07, 6.45) is -3.07. The van der Waals surface area contributed by atoms with Crippen molar-refractivity contribution in [3.63, 3.8) is 0 Å². The molecule has 0 fully saturated rings. The van der Waals surface area contributed by atoms with Gasteiger partial charge in [-0.25, -0.2) is 4.98 Å². The van der Waals surface area contributed by atoms with Crippen molar-refractivity contribution in [1.82, 2.24) is 9.66 Å². The molecule has 1 heterocycles. The molecule has 0 atom stereocenters. The fourth-order valence-corrected chi connectivity index (χ4v) is 7.25. The van der Waals surface area contributed by atoms with Crippen LogP contribution in [-0.4, -0.2) is 15.9 Å². The van der Waals surface area contributed by atoms with Gasteiger partial charge in [-0.1, -0.05) is 62.2 Å². The van der Waals surface area contributed by atoms with E-state index in [0.29, 0.717) is 28.8 Å². The Morgan fingerprint density at radius 3 is 2.39 bits per heavy atom. The summed E-state index contributed by atoms with van der Waals surface area (Å²) in [5.41, 5.74) is 0.791. The number of halogens is 7. The first-order valence-electron chi connectivity index (χ1n) is 11.8. The molecule has 0 bridgehead atoms. The number of fused-ring (bicyclic) bond motifs is 1. The summed E-state index contributed by atoms with van der Waals surface area (Å²) in [5.74, 6) is 0.702. The fourth-order valence-electron chi connectivity index (χ4n) is 3.96. The van der Waals surface area contributed by atoms with Gasteiger partial charge in [0.1, 0.15) is 12.4 Å². The van der Waals surface area contributed by atoms with Crippen molar-refractivity contribution >= 4 is 94.2 Å². The summed E-state index contributed by atoms with van der Waals surface area (Å²) in [6, 6.07) is 20.9. The van der Waals surface area contributed by atoms with Crippen molar-refractivity contribution in [3.8, 4) is 17.1 Å². The Morgan fingerprint density at radius 1 is 0.951 bits per heavy atom. The van der Waals surface area contributed by atoms with E-state index in [1.54, 1.807) is 24.3 Å². The Balaban J connectivity index is 1.52. The quantitative estimate of drug-likeness (QED) is 0.126. The maximum atomic E-state index is 13.4.